The number of ether oxygens (including phenoxy) is 5. The van der Waals surface area contributed by atoms with Gasteiger partial charge in [0.05, 0.1) is 19.3 Å². The number of hydrogen-bond acceptors (Lipinski definition) is 7. The Morgan fingerprint density at radius 3 is 2.52 bits per heavy atom. The average Bonchev–Trinajstić information content (AvgIpc) is 3.19. The Balaban J connectivity index is 1.59. The van der Waals surface area contributed by atoms with E-state index in [9.17, 15) is 9.59 Å². The van der Waals surface area contributed by atoms with Gasteiger partial charge < -0.3 is 23.7 Å². The Morgan fingerprint density at radius 1 is 1.00 bits per heavy atom. The van der Waals surface area contributed by atoms with Gasteiger partial charge in [0, 0.05) is 5.56 Å². The highest BCUT2D eigenvalue weighted by molar-refractivity contribution is 6.00. The molecule has 29 heavy (non-hydrogen) atoms. The minimum absolute atomic E-state index is 0.126. The topological polar surface area (TPSA) is 80.3 Å². The molecule has 2 aromatic carbocycles. The fourth-order valence-corrected chi connectivity index (χ4v) is 2.69. The molecule has 1 aliphatic rings. The van der Waals surface area contributed by atoms with Crippen molar-refractivity contribution >= 4 is 11.8 Å². The standard InChI is InChI=1S/C22H24O7/c1-14(2)8-9-26-18-7-5-16(11-20(18)25-3)22(24)27-12-17(23)15-4-6-19-21(10-15)29-13-28-19/h4-7,10-11,14H,8-9,12-13H2,1-3H3. The minimum Gasteiger partial charge on any atom is -0.493 e. The van der Waals surface area contributed by atoms with Gasteiger partial charge in [-0.05, 0) is 48.7 Å². The quantitative estimate of drug-likeness (QED) is 0.467. The SMILES string of the molecule is COc1cc(C(=O)OCC(=O)c2ccc3c(c2)OCO3)ccc1OCCC(C)C. The molecule has 0 aliphatic carbocycles. The number of ketones is 1. The molecule has 2 aromatic rings. The molecule has 0 aromatic heterocycles. The zero-order valence-corrected chi connectivity index (χ0v) is 16.7. The molecule has 7 nitrogen and oxygen atoms in total. The summed E-state index contributed by atoms with van der Waals surface area (Å²) in [5.41, 5.74) is 0.657. The Bertz CT molecular complexity index is 889. The summed E-state index contributed by atoms with van der Waals surface area (Å²) in [5.74, 6) is 1.65. The first kappa shape index (κ1) is 20.5. The highest BCUT2D eigenvalue weighted by Gasteiger charge is 2.18. The lowest BCUT2D eigenvalue weighted by molar-refractivity contribution is 0.0474. The van der Waals surface area contributed by atoms with E-state index in [1.807, 2.05) is 0 Å². The third kappa shape index (κ3) is 5.19. The van der Waals surface area contributed by atoms with Gasteiger partial charge in [-0.3, -0.25) is 4.79 Å². The summed E-state index contributed by atoms with van der Waals surface area (Å²) in [6, 6.07) is 9.62. The predicted octanol–water partition coefficient (Wildman–Crippen LogP) is 3.89. The van der Waals surface area contributed by atoms with Crippen molar-refractivity contribution in [3.8, 4) is 23.0 Å². The zero-order chi connectivity index (χ0) is 20.8. The molecule has 0 spiro atoms. The number of hydrogen-bond donors (Lipinski definition) is 0. The van der Waals surface area contributed by atoms with Crippen molar-refractivity contribution in [2.24, 2.45) is 5.92 Å². The molecule has 0 amide bonds. The Kier molecular flexibility index (Phi) is 6.59. The summed E-state index contributed by atoms with van der Waals surface area (Å²) < 4.78 is 26.6. The first-order valence-electron chi connectivity index (χ1n) is 9.38. The molecular weight excluding hydrogens is 376 g/mol. The van der Waals surface area contributed by atoms with E-state index in [0.29, 0.717) is 41.1 Å². The van der Waals surface area contributed by atoms with Crippen LogP contribution in [-0.4, -0.2) is 38.9 Å². The van der Waals surface area contributed by atoms with Crippen LogP contribution in [0, 0.1) is 5.92 Å². The van der Waals surface area contributed by atoms with Gasteiger partial charge in [0.2, 0.25) is 6.79 Å². The summed E-state index contributed by atoms with van der Waals surface area (Å²) >= 11 is 0. The van der Waals surface area contributed by atoms with Gasteiger partial charge in [0.25, 0.3) is 0 Å². The molecule has 1 aliphatic heterocycles. The molecule has 0 saturated carbocycles. The summed E-state index contributed by atoms with van der Waals surface area (Å²) in [5, 5.41) is 0. The second-order valence-corrected chi connectivity index (χ2v) is 6.96. The highest BCUT2D eigenvalue weighted by Crippen LogP contribution is 2.32. The van der Waals surface area contributed by atoms with Gasteiger partial charge in [-0.2, -0.15) is 0 Å². The van der Waals surface area contributed by atoms with Crippen molar-refractivity contribution in [1.29, 1.82) is 0 Å². The predicted molar refractivity (Wildman–Crippen MR) is 105 cm³/mol. The maximum Gasteiger partial charge on any atom is 0.338 e. The molecule has 0 saturated heterocycles. The van der Waals surface area contributed by atoms with Crippen molar-refractivity contribution in [3.05, 3.63) is 47.5 Å². The van der Waals surface area contributed by atoms with Crippen molar-refractivity contribution in [1.82, 2.24) is 0 Å². The Morgan fingerprint density at radius 2 is 1.76 bits per heavy atom. The third-order valence-electron chi connectivity index (χ3n) is 4.38. The van der Waals surface area contributed by atoms with Crippen molar-refractivity contribution < 1.29 is 33.3 Å². The summed E-state index contributed by atoms with van der Waals surface area (Å²) in [6.07, 6.45) is 0.912. The number of carbonyl (C=O) groups excluding carboxylic acids is 2. The van der Waals surface area contributed by atoms with Crippen LogP contribution in [0.4, 0.5) is 0 Å². The normalized spacial score (nSPS) is 12.0. The Hall–Kier alpha value is -3.22. The lowest BCUT2D eigenvalue weighted by Crippen LogP contribution is -2.14. The fraction of sp³-hybridized carbons (Fsp3) is 0.364. The molecule has 7 heteroatoms. The zero-order valence-electron chi connectivity index (χ0n) is 16.7. The molecule has 0 fully saturated rings. The number of methoxy groups -OCH3 is 1. The van der Waals surface area contributed by atoms with Crippen molar-refractivity contribution in [2.45, 2.75) is 20.3 Å². The summed E-state index contributed by atoms with van der Waals surface area (Å²) in [4.78, 5) is 24.6. The van der Waals surface area contributed by atoms with E-state index in [1.54, 1.807) is 30.3 Å². The number of benzene rings is 2. The van der Waals surface area contributed by atoms with E-state index >= 15 is 0 Å². The van der Waals surface area contributed by atoms with Gasteiger partial charge >= 0.3 is 5.97 Å². The molecule has 0 radical (unpaired) electrons. The molecule has 0 bridgehead atoms. The number of carbonyl (C=O) groups is 2. The van der Waals surface area contributed by atoms with Crippen molar-refractivity contribution in [3.63, 3.8) is 0 Å². The molecule has 154 valence electrons. The van der Waals surface area contributed by atoms with E-state index in [4.69, 9.17) is 23.7 Å². The number of fused-ring (bicyclic) bond motifs is 1. The van der Waals surface area contributed by atoms with Crippen LogP contribution >= 0.6 is 0 Å². The van der Waals surface area contributed by atoms with Gasteiger partial charge in [-0.15, -0.1) is 0 Å². The first-order valence-corrected chi connectivity index (χ1v) is 9.38. The molecule has 0 unspecified atom stereocenters. The Labute approximate surface area is 169 Å². The van der Waals surface area contributed by atoms with Gasteiger partial charge in [-0.25, -0.2) is 4.79 Å². The van der Waals surface area contributed by atoms with Crippen molar-refractivity contribution in [2.75, 3.05) is 27.1 Å². The highest BCUT2D eigenvalue weighted by atomic mass is 16.7. The van der Waals surface area contributed by atoms with Crippen LogP contribution in [0.2, 0.25) is 0 Å². The van der Waals surface area contributed by atoms with E-state index in [1.165, 1.54) is 13.2 Å². The summed E-state index contributed by atoms with van der Waals surface area (Å²) in [7, 11) is 1.50. The van der Waals surface area contributed by atoms with Gasteiger partial charge in [0.15, 0.2) is 35.4 Å². The maximum atomic E-state index is 12.3. The second-order valence-electron chi connectivity index (χ2n) is 6.96. The molecule has 0 atom stereocenters. The van der Waals surface area contributed by atoms with Crippen LogP contribution in [-0.2, 0) is 4.74 Å². The van der Waals surface area contributed by atoms with Gasteiger partial charge in [0.1, 0.15) is 0 Å². The average molecular weight is 400 g/mol. The monoisotopic (exact) mass is 400 g/mol. The van der Waals surface area contributed by atoms with Crippen LogP contribution < -0.4 is 18.9 Å². The molecular formula is C22H24O7. The third-order valence-corrected chi connectivity index (χ3v) is 4.38. The fourth-order valence-electron chi connectivity index (χ4n) is 2.69. The van der Waals surface area contributed by atoms with Gasteiger partial charge in [-0.1, -0.05) is 13.8 Å². The van der Waals surface area contributed by atoms with E-state index < -0.39 is 5.97 Å². The number of esters is 1. The smallest absolute Gasteiger partial charge is 0.338 e. The van der Waals surface area contributed by atoms with E-state index in [2.05, 4.69) is 13.8 Å². The number of rotatable bonds is 9. The lowest BCUT2D eigenvalue weighted by Gasteiger charge is -2.13. The molecule has 3 rings (SSSR count). The van der Waals surface area contributed by atoms with E-state index in [-0.39, 0.29) is 24.7 Å². The first-order chi connectivity index (χ1) is 14.0. The van der Waals surface area contributed by atoms with Crippen LogP contribution in [0.25, 0.3) is 0 Å². The molecule has 0 N–H and O–H groups in total. The minimum atomic E-state index is -0.619. The summed E-state index contributed by atoms with van der Waals surface area (Å²) in [6.45, 7) is 4.53. The molecule has 1 heterocycles. The maximum absolute atomic E-state index is 12.3. The van der Waals surface area contributed by atoms with Crippen LogP contribution in [0.15, 0.2) is 36.4 Å². The van der Waals surface area contributed by atoms with Crippen LogP contribution in [0.1, 0.15) is 41.0 Å². The van der Waals surface area contributed by atoms with Crippen LogP contribution in [0.5, 0.6) is 23.0 Å². The second kappa shape index (κ2) is 9.32. The van der Waals surface area contributed by atoms with Crippen LogP contribution in [0.3, 0.4) is 0 Å². The van der Waals surface area contributed by atoms with E-state index in [0.717, 1.165) is 6.42 Å². The largest absolute Gasteiger partial charge is 0.493 e. The lowest BCUT2D eigenvalue weighted by atomic mass is 10.1. The number of Topliss-reactive ketones (excluding diaryl/α,β-unsaturated/α-hetero) is 1.